The number of hydrogen-bond donors (Lipinski definition) is 0. The molecule has 7 aromatic rings. The normalized spacial score (nSPS) is 12.4. The molecule has 0 aliphatic heterocycles. The second kappa shape index (κ2) is 46.8. The molecule has 0 heterocycles. The van der Waals surface area contributed by atoms with Crippen LogP contribution in [0.25, 0.3) is 0 Å². The molecule has 108 heavy (non-hydrogen) atoms. The van der Waals surface area contributed by atoms with Gasteiger partial charge < -0.3 is 14.2 Å². The molecule has 0 fully saturated rings. The monoisotopic (exact) mass is 1740 g/mol. The third-order valence-electron chi connectivity index (χ3n) is 13.5. The fourth-order valence-electron chi connectivity index (χ4n) is 8.20. The molecule has 36 heteroatoms. The predicted molar refractivity (Wildman–Crippen MR) is 423 cm³/mol. The van der Waals surface area contributed by atoms with E-state index in [2.05, 4.69) is 11.3 Å². The Hall–Kier alpha value is -5.93. The van der Waals surface area contributed by atoms with Crippen molar-refractivity contribution >= 4 is 132 Å². The Morgan fingerprint density at radius 2 is 0.639 bits per heavy atom. The summed E-state index contributed by atoms with van der Waals surface area (Å²) in [7, 11) is 2.56. The first-order chi connectivity index (χ1) is 50.7. The van der Waals surface area contributed by atoms with Crippen LogP contribution in [-0.2, 0) is 109 Å². The van der Waals surface area contributed by atoms with E-state index in [1.807, 2.05) is 60.7 Å². The minimum absolute atomic E-state index is 0.143. The summed E-state index contributed by atoms with van der Waals surface area (Å²) in [5.74, 6) is 2.24. The van der Waals surface area contributed by atoms with Crippen LogP contribution >= 0.6 is 86.4 Å². The Bertz CT molecular complexity index is 4490. The van der Waals surface area contributed by atoms with Crippen LogP contribution in [0.15, 0.2) is 228 Å². The Labute approximate surface area is 653 Å². The average Bonchev–Trinajstić information content (AvgIpc) is 0.859. The zero-order valence-electron chi connectivity index (χ0n) is 57.4. The van der Waals surface area contributed by atoms with E-state index >= 15 is 0 Å². The summed E-state index contributed by atoms with van der Waals surface area (Å²) >= 11 is 0. The fraction of sp³-hybridized carbons (Fsp3) is 0.264. The summed E-state index contributed by atoms with van der Waals surface area (Å²) in [6.07, 6.45) is -9.85. The van der Waals surface area contributed by atoms with Gasteiger partial charge in [0.25, 0.3) is 0 Å². The molecular formula is C72H72F12O12S12. The van der Waals surface area contributed by atoms with Crippen molar-refractivity contribution in [3.63, 3.8) is 0 Å². The van der Waals surface area contributed by atoms with Crippen LogP contribution in [0.5, 0.6) is 11.5 Å². The number of ether oxygens (including phenoxy) is 3. The van der Waals surface area contributed by atoms with Crippen molar-refractivity contribution in [3.8, 4) is 11.5 Å². The summed E-state index contributed by atoms with van der Waals surface area (Å²) in [5.41, 5.74) is 1.84. The molecule has 0 amide bonds. The smallest absolute Gasteiger partial charge is 0.416 e. The Kier molecular flexibility index (Phi) is 40.9. The third-order valence-corrected chi connectivity index (χ3v) is 27.3. The summed E-state index contributed by atoms with van der Waals surface area (Å²) in [6.45, 7) is 3.56. The molecule has 0 unspecified atom stereocenters. The summed E-state index contributed by atoms with van der Waals surface area (Å²) in [4.78, 5) is 11.4. The van der Waals surface area contributed by atoms with Gasteiger partial charge in [0, 0.05) is 23.0 Å². The van der Waals surface area contributed by atoms with E-state index in [1.54, 1.807) is 87.8 Å². The first-order valence-corrected chi connectivity index (χ1v) is 47.8. The average molecular weight is 1740 g/mol. The van der Waals surface area contributed by atoms with Crippen LogP contribution < -0.4 is 9.47 Å². The van der Waals surface area contributed by atoms with Gasteiger partial charge in [-0.1, -0.05) is 202 Å². The highest BCUT2D eigenvalue weighted by Crippen LogP contribution is 2.35. The van der Waals surface area contributed by atoms with Crippen LogP contribution in [0.2, 0.25) is 0 Å². The molecule has 0 atom stereocenters. The van der Waals surface area contributed by atoms with Gasteiger partial charge in [-0.15, -0.1) is 6.58 Å². The molecule has 0 N–H and O–H groups in total. The Balaban J connectivity index is 0.000000306. The molecule has 7 rings (SSSR count). The number of sulfone groups is 4. The molecule has 0 spiro atoms. The zero-order valence-corrected chi connectivity index (χ0v) is 67.2. The second-order valence-corrected chi connectivity index (χ2v) is 39.7. The molecular weight excluding hydrogens is 1670 g/mol. The Morgan fingerprint density at radius 1 is 0.361 bits per heavy atom. The van der Waals surface area contributed by atoms with Gasteiger partial charge in [-0.05, 0) is 146 Å². The highest BCUT2D eigenvalue weighted by molar-refractivity contribution is 8.78. The predicted octanol–water partition coefficient (Wildman–Crippen LogP) is 21.7. The molecule has 588 valence electrons. The van der Waals surface area contributed by atoms with Crippen LogP contribution in [0.3, 0.4) is 0 Å². The van der Waals surface area contributed by atoms with Crippen molar-refractivity contribution < 1.29 is 105 Å². The number of rotatable bonds is 35. The van der Waals surface area contributed by atoms with Crippen molar-refractivity contribution in [2.75, 3.05) is 50.1 Å². The molecule has 0 aromatic heterocycles. The number of hydrogen-bond acceptors (Lipinski definition) is 20. The molecule has 0 aliphatic rings. The zero-order chi connectivity index (χ0) is 80.1. The topological polar surface area (TPSA) is 181 Å². The van der Waals surface area contributed by atoms with Gasteiger partial charge in [-0.3, -0.25) is 0 Å². The lowest BCUT2D eigenvalue weighted by molar-refractivity contribution is -0.138. The molecule has 12 nitrogen and oxygen atoms in total. The highest BCUT2D eigenvalue weighted by atomic mass is 33.1. The summed E-state index contributed by atoms with van der Waals surface area (Å²) in [6, 6.07) is 39.0. The van der Waals surface area contributed by atoms with Gasteiger partial charge in [0.05, 0.1) is 95.2 Å². The summed E-state index contributed by atoms with van der Waals surface area (Å²) < 4.78 is 261. The fourth-order valence-corrected chi connectivity index (χ4v) is 20.1. The van der Waals surface area contributed by atoms with Crippen LogP contribution in [-0.4, -0.2) is 89.7 Å². The lowest BCUT2D eigenvalue weighted by Gasteiger charge is -2.07. The van der Waals surface area contributed by atoms with E-state index in [0.29, 0.717) is 33.6 Å². The van der Waals surface area contributed by atoms with Gasteiger partial charge in [0.2, 0.25) is 0 Å². The van der Waals surface area contributed by atoms with Crippen molar-refractivity contribution in [2.45, 2.75) is 65.0 Å². The van der Waals surface area contributed by atoms with E-state index in [4.69, 9.17) is 9.47 Å². The molecule has 0 saturated heterocycles. The van der Waals surface area contributed by atoms with Gasteiger partial charge in [-0.25, -0.2) is 38.5 Å². The van der Waals surface area contributed by atoms with Gasteiger partial charge in [0.15, 0.2) is 39.3 Å². The van der Waals surface area contributed by atoms with Crippen molar-refractivity contribution in [1.82, 2.24) is 0 Å². The quantitative estimate of drug-likeness (QED) is 0.0120. The standard InChI is InChI=1S/C20H19F3O4S3.2C19H19F3O3S3.C14H15F3O2S3/c1-27-19(24)17-7-3-15(4-8-17)13-29-28-11-2-12-30(25,26)14-16-5-9-18(10-6-16)20(21,22)23;1-25-18-9-5-15(6-10-18)13-27-26-11-2-12-28(23,24)14-16-3-7-17(8-4-16)19(20,21)22;1-25-18-5-2-4-16(12-18)13-27-26-10-3-11-28(23,24)14-15-6-8-17(9-7-15)19(20,21)22;1-2-8-20-21-9-3-10-22(18,19)11-12-4-6-13(7-5-12)14(15,16)17/h2-11H,12-14H2,1H3;2-11H,12-14H2,1H3;2-10,12H,11,13-14H2,1H3;2-7,9H,1,8,10-11H2/b2*11-2-;10-3-;9-3-. The van der Waals surface area contributed by atoms with Crippen LogP contribution in [0, 0.1) is 0 Å². The van der Waals surface area contributed by atoms with Crippen molar-refractivity contribution in [2.24, 2.45) is 0 Å². The van der Waals surface area contributed by atoms with Gasteiger partial charge in [0.1, 0.15) is 11.5 Å². The molecule has 7 aromatic carbocycles. The van der Waals surface area contributed by atoms with E-state index < -0.39 is 92.3 Å². The molecule has 0 saturated carbocycles. The number of alkyl halides is 12. The minimum atomic E-state index is -4.45. The number of benzene rings is 7. The number of carbonyl (C=O) groups is 1. The van der Waals surface area contributed by atoms with Crippen molar-refractivity contribution in [3.05, 3.63) is 295 Å². The number of halogens is 12. The first kappa shape index (κ1) is 94.4. The molecule has 0 bridgehead atoms. The lowest BCUT2D eigenvalue weighted by atomic mass is 10.1. The number of methoxy groups -OCH3 is 3. The lowest BCUT2D eigenvalue weighted by Crippen LogP contribution is -2.09. The largest absolute Gasteiger partial charge is 0.497 e. The van der Waals surface area contributed by atoms with Gasteiger partial charge >= 0.3 is 30.7 Å². The molecule has 0 radical (unpaired) electrons. The van der Waals surface area contributed by atoms with Crippen LogP contribution in [0.1, 0.15) is 71.6 Å². The SMILES string of the molecule is C=CCSS/C=C\CS(=O)(=O)Cc1ccc(C(F)(F)F)cc1.COC(=O)c1ccc(CSS/C=C\CS(=O)(=O)Cc2ccc(C(F)(F)F)cc2)cc1.COc1ccc(CSS/C=C\CS(=O)(=O)Cc2ccc(C(F)(F)F)cc2)cc1.COc1cccc(CSS/C=C\CS(=O)(=O)Cc2ccc(C(F)(F)F)cc2)c1. The second-order valence-electron chi connectivity index (χ2n) is 22.1. The maximum atomic E-state index is 12.5. The summed E-state index contributed by atoms with van der Waals surface area (Å²) in [5, 5.41) is 6.75. The van der Waals surface area contributed by atoms with Crippen LogP contribution in [0.4, 0.5) is 52.7 Å². The van der Waals surface area contributed by atoms with E-state index in [-0.39, 0.29) is 46.0 Å². The van der Waals surface area contributed by atoms with Gasteiger partial charge in [-0.2, -0.15) is 52.7 Å². The maximum absolute atomic E-state index is 12.5. The maximum Gasteiger partial charge on any atom is 0.416 e. The molecule has 0 aliphatic carbocycles. The minimum Gasteiger partial charge on any atom is -0.497 e. The number of carbonyl (C=O) groups excluding carboxylic acids is 1. The Morgan fingerprint density at radius 3 is 0.917 bits per heavy atom. The number of esters is 1. The van der Waals surface area contributed by atoms with E-state index in [9.17, 15) is 91.2 Å². The highest BCUT2D eigenvalue weighted by Gasteiger charge is 2.33. The first-order valence-electron chi connectivity index (χ1n) is 31.0. The van der Waals surface area contributed by atoms with E-state index in [1.165, 1.54) is 133 Å². The van der Waals surface area contributed by atoms with Crippen molar-refractivity contribution in [1.29, 1.82) is 0 Å². The third kappa shape index (κ3) is 39.8. The van der Waals surface area contributed by atoms with E-state index in [0.717, 1.165) is 94.0 Å².